The lowest BCUT2D eigenvalue weighted by Crippen LogP contribution is -2.02. The summed E-state index contributed by atoms with van der Waals surface area (Å²) in [5.74, 6) is 2.05. The molecule has 0 amide bonds. The maximum absolute atomic E-state index is 10.7. The van der Waals surface area contributed by atoms with Crippen molar-refractivity contribution in [3.8, 4) is 17.2 Å². The molecule has 7 heteroatoms. The van der Waals surface area contributed by atoms with E-state index in [1.165, 1.54) is 12.1 Å². The molecule has 0 aromatic heterocycles. The van der Waals surface area contributed by atoms with Crippen LogP contribution >= 0.6 is 0 Å². The number of anilines is 1. The molecule has 150 valence electrons. The van der Waals surface area contributed by atoms with Crippen LogP contribution in [0.25, 0.3) is 0 Å². The van der Waals surface area contributed by atoms with E-state index in [0.717, 1.165) is 22.6 Å². The van der Waals surface area contributed by atoms with E-state index in [4.69, 9.17) is 14.2 Å². The molecular weight excluding hydrogens is 372 g/mol. The Hall–Kier alpha value is -3.74. The number of benzene rings is 3. The van der Waals surface area contributed by atoms with E-state index >= 15 is 0 Å². The van der Waals surface area contributed by atoms with Gasteiger partial charge in [-0.1, -0.05) is 6.07 Å². The van der Waals surface area contributed by atoms with E-state index in [-0.39, 0.29) is 12.3 Å². The summed E-state index contributed by atoms with van der Waals surface area (Å²) in [7, 11) is 3.23. The average molecular weight is 394 g/mol. The van der Waals surface area contributed by atoms with Crippen LogP contribution in [0, 0.1) is 10.1 Å². The Morgan fingerprint density at radius 1 is 0.862 bits per heavy atom. The number of non-ortho nitro benzene ring substituents is 1. The fourth-order valence-corrected chi connectivity index (χ4v) is 2.73. The van der Waals surface area contributed by atoms with Gasteiger partial charge < -0.3 is 19.5 Å². The molecule has 3 aromatic rings. The number of methoxy groups -OCH3 is 2. The molecule has 0 saturated carbocycles. The zero-order chi connectivity index (χ0) is 20.6. The van der Waals surface area contributed by atoms with E-state index in [0.29, 0.717) is 18.0 Å². The van der Waals surface area contributed by atoms with E-state index in [1.54, 1.807) is 26.4 Å². The van der Waals surface area contributed by atoms with Crippen LogP contribution in [0.1, 0.15) is 11.1 Å². The van der Waals surface area contributed by atoms with Gasteiger partial charge >= 0.3 is 0 Å². The van der Waals surface area contributed by atoms with Gasteiger partial charge in [0.15, 0.2) is 11.5 Å². The number of nitrogens with one attached hydrogen (secondary N) is 1. The van der Waals surface area contributed by atoms with Crippen LogP contribution in [0.5, 0.6) is 17.2 Å². The molecule has 3 rings (SSSR count). The Bertz CT molecular complexity index is 956. The highest BCUT2D eigenvalue weighted by Gasteiger charge is 2.08. The molecule has 0 bridgehead atoms. The number of nitrogens with zero attached hydrogens (tertiary/aromatic N) is 1. The van der Waals surface area contributed by atoms with Crippen molar-refractivity contribution in [2.75, 3.05) is 19.5 Å². The maximum atomic E-state index is 10.7. The lowest BCUT2D eigenvalue weighted by molar-refractivity contribution is -0.384. The monoisotopic (exact) mass is 394 g/mol. The highest BCUT2D eigenvalue weighted by Crippen LogP contribution is 2.29. The van der Waals surface area contributed by atoms with Crippen molar-refractivity contribution in [2.45, 2.75) is 13.2 Å². The topological polar surface area (TPSA) is 82.9 Å². The van der Waals surface area contributed by atoms with E-state index < -0.39 is 4.92 Å². The first-order valence-corrected chi connectivity index (χ1v) is 9.00. The van der Waals surface area contributed by atoms with Crippen molar-refractivity contribution in [3.05, 3.63) is 88.0 Å². The van der Waals surface area contributed by atoms with Gasteiger partial charge in [-0.3, -0.25) is 10.1 Å². The summed E-state index contributed by atoms with van der Waals surface area (Å²) in [5.41, 5.74) is 2.92. The summed E-state index contributed by atoms with van der Waals surface area (Å²) >= 11 is 0. The third-order valence-corrected chi connectivity index (χ3v) is 4.36. The molecule has 0 heterocycles. The fourth-order valence-electron chi connectivity index (χ4n) is 2.73. The summed E-state index contributed by atoms with van der Waals surface area (Å²) in [6.45, 7) is 0.920. The summed E-state index contributed by atoms with van der Waals surface area (Å²) < 4.78 is 16.4. The van der Waals surface area contributed by atoms with Gasteiger partial charge in [0.2, 0.25) is 0 Å². The molecule has 29 heavy (non-hydrogen) atoms. The molecule has 3 aromatic carbocycles. The molecule has 0 aliphatic rings. The van der Waals surface area contributed by atoms with Gasteiger partial charge in [-0.05, 0) is 59.7 Å². The van der Waals surface area contributed by atoms with Crippen LogP contribution in [-0.4, -0.2) is 19.1 Å². The lowest BCUT2D eigenvalue weighted by Gasteiger charge is -2.13. The van der Waals surface area contributed by atoms with Crippen LogP contribution in [0.3, 0.4) is 0 Å². The molecular formula is C22H22N2O5. The van der Waals surface area contributed by atoms with Crippen LogP contribution < -0.4 is 19.5 Å². The van der Waals surface area contributed by atoms with Crippen LogP contribution in [0.4, 0.5) is 11.4 Å². The Kier molecular flexibility index (Phi) is 6.52. The molecule has 0 fully saturated rings. The van der Waals surface area contributed by atoms with E-state index in [1.807, 2.05) is 42.5 Å². The number of hydrogen-bond acceptors (Lipinski definition) is 6. The van der Waals surface area contributed by atoms with Gasteiger partial charge in [-0.2, -0.15) is 0 Å². The number of nitro groups is 1. The lowest BCUT2D eigenvalue weighted by atomic mass is 10.2. The molecule has 0 spiro atoms. The van der Waals surface area contributed by atoms with Gasteiger partial charge in [-0.25, -0.2) is 0 Å². The minimum atomic E-state index is -0.424. The normalized spacial score (nSPS) is 10.3. The summed E-state index contributed by atoms with van der Waals surface area (Å²) in [5, 5.41) is 14.1. The second kappa shape index (κ2) is 9.45. The Labute approximate surface area is 169 Å². The summed E-state index contributed by atoms with van der Waals surface area (Å²) in [6, 6.07) is 19.7. The molecule has 0 atom stereocenters. The zero-order valence-electron chi connectivity index (χ0n) is 16.3. The Balaban J connectivity index is 1.60. The standard InChI is InChI=1S/C22H22N2O5/c1-27-20-10-6-18(7-11-20)23-14-17-5-12-21(22(13-17)28-2)29-15-16-3-8-19(9-4-16)24(25)26/h3-13,23H,14-15H2,1-2H3. The number of rotatable bonds is 9. The van der Waals surface area contributed by atoms with Gasteiger partial charge in [0.05, 0.1) is 19.1 Å². The molecule has 0 unspecified atom stereocenters. The van der Waals surface area contributed by atoms with E-state index in [9.17, 15) is 10.1 Å². The highest BCUT2D eigenvalue weighted by molar-refractivity contribution is 5.48. The van der Waals surface area contributed by atoms with Gasteiger partial charge in [0, 0.05) is 24.4 Å². The van der Waals surface area contributed by atoms with Crippen LogP contribution in [0.2, 0.25) is 0 Å². The van der Waals surface area contributed by atoms with Crippen molar-refractivity contribution in [1.29, 1.82) is 0 Å². The largest absolute Gasteiger partial charge is 0.497 e. The average Bonchev–Trinajstić information content (AvgIpc) is 2.77. The predicted molar refractivity (Wildman–Crippen MR) is 111 cm³/mol. The zero-order valence-corrected chi connectivity index (χ0v) is 16.3. The highest BCUT2D eigenvalue weighted by atomic mass is 16.6. The molecule has 7 nitrogen and oxygen atoms in total. The SMILES string of the molecule is COc1ccc(NCc2ccc(OCc3ccc([N+](=O)[O-])cc3)c(OC)c2)cc1. The number of nitro benzene ring substituents is 1. The Morgan fingerprint density at radius 3 is 2.17 bits per heavy atom. The molecule has 0 aliphatic carbocycles. The number of hydrogen-bond donors (Lipinski definition) is 1. The second-order valence-electron chi connectivity index (χ2n) is 6.28. The molecule has 1 N–H and O–H groups in total. The second-order valence-corrected chi connectivity index (χ2v) is 6.28. The maximum Gasteiger partial charge on any atom is 0.269 e. The third kappa shape index (κ3) is 5.38. The van der Waals surface area contributed by atoms with Crippen LogP contribution in [0.15, 0.2) is 66.7 Å². The van der Waals surface area contributed by atoms with Gasteiger partial charge in [0.25, 0.3) is 5.69 Å². The van der Waals surface area contributed by atoms with Crippen molar-refractivity contribution >= 4 is 11.4 Å². The summed E-state index contributed by atoms with van der Waals surface area (Å²) in [6.07, 6.45) is 0. The van der Waals surface area contributed by atoms with Gasteiger partial charge in [0.1, 0.15) is 12.4 Å². The van der Waals surface area contributed by atoms with Crippen molar-refractivity contribution < 1.29 is 19.1 Å². The predicted octanol–water partition coefficient (Wildman–Crippen LogP) is 4.80. The first-order valence-electron chi connectivity index (χ1n) is 9.00. The van der Waals surface area contributed by atoms with Crippen molar-refractivity contribution in [2.24, 2.45) is 0 Å². The van der Waals surface area contributed by atoms with Gasteiger partial charge in [-0.15, -0.1) is 0 Å². The Morgan fingerprint density at radius 2 is 1.55 bits per heavy atom. The smallest absolute Gasteiger partial charge is 0.269 e. The van der Waals surface area contributed by atoms with Crippen molar-refractivity contribution in [1.82, 2.24) is 0 Å². The fraction of sp³-hybridized carbons (Fsp3) is 0.182. The van der Waals surface area contributed by atoms with Crippen molar-refractivity contribution in [3.63, 3.8) is 0 Å². The molecule has 0 saturated heterocycles. The minimum absolute atomic E-state index is 0.0556. The third-order valence-electron chi connectivity index (χ3n) is 4.36. The van der Waals surface area contributed by atoms with Crippen LogP contribution in [-0.2, 0) is 13.2 Å². The minimum Gasteiger partial charge on any atom is -0.497 e. The summed E-state index contributed by atoms with van der Waals surface area (Å²) in [4.78, 5) is 10.3. The number of ether oxygens (including phenoxy) is 3. The molecule has 0 aliphatic heterocycles. The molecule has 0 radical (unpaired) electrons. The first-order chi connectivity index (χ1) is 14.1. The van der Waals surface area contributed by atoms with E-state index in [2.05, 4.69) is 5.32 Å². The first kappa shape index (κ1) is 20.0. The quantitative estimate of drug-likeness (QED) is 0.414.